The summed E-state index contributed by atoms with van der Waals surface area (Å²) in [7, 11) is 0. The highest BCUT2D eigenvalue weighted by molar-refractivity contribution is 5.97. The van der Waals surface area contributed by atoms with Crippen LogP contribution in [0.5, 0.6) is 0 Å². The summed E-state index contributed by atoms with van der Waals surface area (Å²) in [6, 6.07) is 6.59. The Kier molecular flexibility index (Phi) is 5.95. The Morgan fingerprint density at radius 3 is 2.46 bits per heavy atom. The minimum atomic E-state index is -0.356. The van der Waals surface area contributed by atoms with Gasteiger partial charge in [-0.15, -0.1) is 0 Å². The highest BCUT2D eigenvalue weighted by atomic mass is 16.2. The third-order valence-electron chi connectivity index (χ3n) is 2.94. The SMILES string of the molecule is CC(=O)Nc1cccc(C(=O)NCCNC(=O)c2cnccn2)c1. The van der Waals surface area contributed by atoms with E-state index in [1.54, 1.807) is 24.3 Å². The summed E-state index contributed by atoms with van der Waals surface area (Å²) in [5, 5.41) is 7.93. The van der Waals surface area contributed by atoms with E-state index in [2.05, 4.69) is 25.9 Å². The van der Waals surface area contributed by atoms with Gasteiger partial charge in [-0.05, 0) is 18.2 Å². The topological polar surface area (TPSA) is 113 Å². The van der Waals surface area contributed by atoms with Crippen LogP contribution >= 0.6 is 0 Å². The number of carbonyl (C=O) groups excluding carboxylic acids is 3. The Bertz CT molecular complexity index is 734. The number of anilines is 1. The van der Waals surface area contributed by atoms with Crippen LogP contribution in [-0.4, -0.2) is 40.8 Å². The summed E-state index contributed by atoms with van der Waals surface area (Å²) >= 11 is 0. The number of hydrogen-bond donors (Lipinski definition) is 3. The molecule has 0 unspecified atom stereocenters. The Balaban J connectivity index is 1.79. The number of rotatable bonds is 6. The molecule has 2 aromatic rings. The quantitative estimate of drug-likeness (QED) is 0.672. The zero-order chi connectivity index (χ0) is 17.4. The first-order chi connectivity index (χ1) is 11.6. The van der Waals surface area contributed by atoms with E-state index >= 15 is 0 Å². The predicted molar refractivity (Wildman–Crippen MR) is 87.4 cm³/mol. The van der Waals surface area contributed by atoms with E-state index in [-0.39, 0.29) is 36.5 Å². The molecule has 0 aliphatic carbocycles. The van der Waals surface area contributed by atoms with Gasteiger partial charge in [0.05, 0.1) is 6.20 Å². The van der Waals surface area contributed by atoms with Gasteiger partial charge in [-0.1, -0.05) is 6.07 Å². The van der Waals surface area contributed by atoms with Gasteiger partial charge in [0.25, 0.3) is 11.8 Å². The van der Waals surface area contributed by atoms with Gasteiger partial charge in [0, 0.05) is 43.7 Å². The van der Waals surface area contributed by atoms with Crippen molar-refractivity contribution in [3.63, 3.8) is 0 Å². The predicted octanol–water partition coefficient (Wildman–Crippen LogP) is 0.595. The number of nitrogens with one attached hydrogen (secondary N) is 3. The van der Waals surface area contributed by atoms with Crippen molar-refractivity contribution in [3.8, 4) is 0 Å². The smallest absolute Gasteiger partial charge is 0.271 e. The fourth-order valence-electron chi connectivity index (χ4n) is 1.90. The number of amides is 3. The van der Waals surface area contributed by atoms with Crippen LogP contribution in [0.15, 0.2) is 42.9 Å². The monoisotopic (exact) mass is 327 g/mol. The van der Waals surface area contributed by atoms with Crippen LogP contribution in [0.2, 0.25) is 0 Å². The van der Waals surface area contributed by atoms with Crippen LogP contribution in [0.3, 0.4) is 0 Å². The molecule has 1 aromatic carbocycles. The molecule has 8 heteroatoms. The highest BCUT2D eigenvalue weighted by Gasteiger charge is 2.08. The summed E-state index contributed by atoms with van der Waals surface area (Å²) in [6.45, 7) is 1.91. The molecule has 0 saturated heterocycles. The first-order valence-electron chi connectivity index (χ1n) is 7.26. The summed E-state index contributed by atoms with van der Waals surface area (Å²) in [5.74, 6) is -0.861. The van der Waals surface area contributed by atoms with Gasteiger partial charge in [0.1, 0.15) is 5.69 Å². The van der Waals surface area contributed by atoms with Gasteiger partial charge in [-0.25, -0.2) is 4.98 Å². The maximum Gasteiger partial charge on any atom is 0.271 e. The largest absolute Gasteiger partial charge is 0.350 e. The number of nitrogens with zero attached hydrogens (tertiary/aromatic N) is 2. The molecule has 124 valence electrons. The number of carbonyl (C=O) groups is 3. The lowest BCUT2D eigenvalue weighted by Gasteiger charge is -2.08. The van der Waals surface area contributed by atoms with Gasteiger partial charge in [0.2, 0.25) is 5.91 Å². The van der Waals surface area contributed by atoms with Crippen LogP contribution in [0.25, 0.3) is 0 Å². The number of benzene rings is 1. The molecule has 3 amide bonds. The van der Waals surface area contributed by atoms with Crippen molar-refractivity contribution >= 4 is 23.4 Å². The summed E-state index contributed by atoms with van der Waals surface area (Å²) in [4.78, 5) is 42.5. The molecule has 0 spiro atoms. The normalized spacial score (nSPS) is 9.88. The van der Waals surface area contributed by atoms with E-state index in [0.717, 1.165) is 0 Å². The minimum absolute atomic E-state index is 0.209. The van der Waals surface area contributed by atoms with Crippen molar-refractivity contribution in [1.29, 1.82) is 0 Å². The molecule has 0 fully saturated rings. The molecule has 0 aliphatic heterocycles. The molecule has 2 rings (SSSR count). The maximum absolute atomic E-state index is 12.0. The lowest BCUT2D eigenvalue weighted by atomic mass is 10.2. The van der Waals surface area contributed by atoms with Crippen molar-refractivity contribution in [2.75, 3.05) is 18.4 Å². The third-order valence-corrected chi connectivity index (χ3v) is 2.94. The highest BCUT2D eigenvalue weighted by Crippen LogP contribution is 2.10. The third kappa shape index (κ3) is 5.16. The Morgan fingerprint density at radius 2 is 1.79 bits per heavy atom. The average Bonchev–Trinajstić information content (AvgIpc) is 2.58. The lowest BCUT2D eigenvalue weighted by Crippen LogP contribution is -2.35. The molecule has 24 heavy (non-hydrogen) atoms. The van der Waals surface area contributed by atoms with Gasteiger partial charge >= 0.3 is 0 Å². The van der Waals surface area contributed by atoms with E-state index in [9.17, 15) is 14.4 Å². The van der Waals surface area contributed by atoms with E-state index in [1.807, 2.05) is 0 Å². The van der Waals surface area contributed by atoms with E-state index < -0.39 is 0 Å². The van der Waals surface area contributed by atoms with Crippen molar-refractivity contribution in [1.82, 2.24) is 20.6 Å². The molecule has 3 N–H and O–H groups in total. The maximum atomic E-state index is 12.0. The molecule has 1 aromatic heterocycles. The summed E-state index contributed by atoms with van der Waals surface area (Å²) < 4.78 is 0. The molecule has 0 atom stereocenters. The first-order valence-corrected chi connectivity index (χ1v) is 7.26. The zero-order valence-electron chi connectivity index (χ0n) is 13.1. The van der Waals surface area contributed by atoms with Crippen molar-refractivity contribution in [2.24, 2.45) is 0 Å². The Morgan fingerprint density at radius 1 is 1.04 bits per heavy atom. The van der Waals surface area contributed by atoms with Crippen LogP contribution < -0.4 is 16.0 Å². The van der Waals surface area contributed by atoms with Crippen molar-refractivity contribution < 1.29 is 14.4 Å². The first kappa shape index (κ1) is 17.1. The standard InChI is InChI=1S/C16H17N5O3/c1-11(22)21-13-4-2-3-12(9-13)15(23)19-7-8-20-16(24)14-10-17-5-6-18-14/h2-6,9-10H,7-8H2,1H3,(H,19,23)(H,20,24)(H,21,22). The van der Waals surface area contributed by atoms with Gasteiger partial charge in [-0.3, -0.25) is 19.4 Å². The van der Waals surface area contributed by atoms with Crippen molar-refractivity contribution in [3.05, 3.63) is 54.1 Å². The van der Waals surface area contributed by atoms with Crippen molar-refractivity contribution in [2.45, 2.75) is 6.92 Å². The molecule has 0 saturated carbocycles. The molecular weight excluding hydrogens is 310 g/mol. The van der Waals surface area contributed by atoms with Crippen LogP contribution in [0.4, 0.5) is 5.69 Å². The van der Waals surface area contributed by atoms with E-state index in [1.165, 1.54) is 25.5 Å². The van der Waals surface area contributed by atoms with Gasteiger partial charge < -0.3 is 16.0 Å². The number of hydrogen-bond acceptors (Lipinski definition) is 5. The fraction of sp³-hybridized carbons (Fsp3) is 0.188. The molecule has 0 aliphatic rings. The van der Waals surface area contributed by atoms with Crippen LogP contribution in [0.1, 0.15) is 27.8 Å². The van der Waals surface area contributed by atoms with Gasteiger partial charge in [-0.2, -0.15) is 0 Å². The molecular formula is C16H17N5O3. The minimum Gasteiger partial charge on any atom is -0.350 e. The van der Waals surface area contributed by atoms with Crippen LogP contribution in [-0.2, 0) is 4.79 Å². The van der Waals surface area contributed by atoms with E-state index in [4.69, 9.17) is 0 Å². The second-order valence-corrected chi connectivity index (χ2v) is 4.86. The van der Waals surface area contributed by atoms with Crippen LogP contribution in [0, 0.1) is 0 Å². The lowest BCUT2D eigenvalue weighted by molar-refractivity contribution is -0.114. The average molecular weight is 327 g/mol. The summed E-state index contributed by atoms with van der Waals surface area (Å²) in [6.07, 6.45) is 4.27. The Labute approximate surface area is 138 Å². The molecule has 0 radical (unpaired) electrons. The summed E-state index contributed by atoms with van der Waals surface area (Å²) in [5.41, 5.74) is 1.18. The number of aromatic nitrogens is 2. The molecule has 8 nitrogen and oxygen atoms in total. The molecule has 1 heterocycles. The second-order valence-electron chi connectivity index (χ2n) is 4.86. The fourth-order valence-corrected chi connectivity index (χ4v) is 1.90. The second kappa shape index (κ2) is 8.37. The van der Waals surface area contributed by atoms with Gasteiger partial charge in [0.15, 0.2) is 0 Å². The van der Waals surface area contributed by atoms with E-state index in [0.29, 0.717) is 11.3 Å². The zero-order valence-corrected chi connectivity index (χ0v) is 13.1. The molecule has 0 bridgehead atoms. The Hall–Kier alpha value is -3.29.